The van der Waals surface area contributed by atoms with Crippen molar-refractivity contribution < 1.29 is 29.0 Å². The number of carboxylic acid groups (broad SMARTS) is 1. The molecule has 0 saturated carbocycles. The summed E-state index contributed by atoms with van der Waals surface area (Å²) < 4.78 is 10.9. The molecule has 1 fully saturated rings. The first kappa shape index (κ1) is 23.8. The Labute approximate surface area is 198 Å². The SMILES string of the molecule is O=C(CCCCNC(=O)OCC1c2ccccc2-c2ccccc21)NC[C@@H]1C[C@H](C(=O)O)CO1. The summed E-state index contributed by atoms with van der Waals surface area (Å²) in [5, 5.41) is 14.5. The van der Waals surface area contributed by atoms with E-state index in [0.717, 1.165) is 0 Å². The van der Waals surface area contributed by atoms with Gasteiger partial charge in [0, 0.05) is 25.4 Å². The minimum absolute atomic E-state index is 0.0245. The van der Waals surface area contributed by atoms with Gasteiger partial charge in [0.1, 0.15) is 6.61 Å². The van der Waals surface area contributed by atoms with Crippen LogP contribution in [0.4, 0.5) is 4.79 Å². The molecule has 1 aliphatic heterocycles. The van der Waals surface area contributed by atoms with Crippen LogP contribution in [-0.4, -0.2) is 55.5 Å². The van der Waals surface area contributed by atoms with Crippen molar-refractivity contribution in [3.8, 4) is 11.1 Å². The number of carbonyl (C=O) groups excluding carboxylic acids is 2. The number of ether oxygens (including phenoxy) is 2. The van der Waals surface area contributed by atoms with Crippen LogP contribution in [0.15, 0.2) is 48.5 Å². The number of carboxylic acids is 1. The maximum Gasteiger partial charge on any atom is 0.407 e. The van der Waals surface area contributed by atoms with E-state index in [0.29, 0.717) is 38.8 Å². The fourth-order valence-corrected chi connectivity index (χ4v) is 4.59. The van der Waals surface area contributed by atoms with Crippen LogP contribution in [-0.2, 0) is 19.1 Å². The van der Waals surface area contributed by atoms with Crippen LogP contribution in [0, 0.1) is 5.92 Å². The number of nitrogens with one attached hydrogen (secondary N) is 2. The quantitative estimate of drug-likeness (QED) is 0.463. The van der Waals surface area contributed by atoms with Crippen molar-refractivity contribution in [3.63, 3.8) is 0 Å². The van der Waals surface area contributed by atoms with Gasteiger partial charge < -0.3 is 25.2 Å². The van der Waals surface area contributed by atoms with Crippen molar-refractivity contribution in [3.05, 3.63) is 59.7 Å². The Morgan fingerprint density at radius 2 is 1.65 bits per heavy atom. The van der Waals surface area contributed by atoms with E-state index >= 15 is 0 Å². The van der Waals surface area contributed by atoms with Gasteiger partial charge in [-0.15, -0.1) is 0 Å². The molecule has 2 aromatic carbocycles. The largest absolute Gasteiger partial charge is 0.481 e. The van der Waals surface area contributed by atoms with Gasteiger partial charge in [0.15, 0.2) is 0 Å². The summed E-state index contributed by atoms with van der Waals surface area (Å²) >= 11 is 0. The molecular weight excluding hydrogens is 436 g/mol. The molecule has 8 nitrogen and oxygen atoms in total. The molecule has 2 amide bonds. The normalized spacial score (nSPS) is 18.7. The second kappa shape index (κ2) is 11.2. The molecule has 180 valence electrons. The predicted molar refractivity (Wildman–Crippen MR) is 125 cm³/mol. The molecule has 0 radical (unpaired) electrons. The number of hydrogen-bond donors (Lipinski definition) is 3. The van der Waals surface area contributed by atoms with Crippen molar-refractivity contribution in [1.82, 2.24) is 10.6 Å². The minimum Gasteiger partial charge on any atom is -0.481 e. The fraction of sp³-hybridized carbons (Fsp3) is 0.423. The van der Waals surface area contributed by atoms with Crippen LogP contribution in [0.3, 0.4) is 0 Å². The highest BCUT2D eigenvalue weighted by Crippen LogP contribution is 2.44. The van der Waals surface area contributed by atoms with Gasteiger partial charge in [0.2, 0.25) is 5.91 Å². The van der Waals surface area contributed by atoms with Crippen molar-refractivity contribution in [2.75, 3.05) is 26.3 Å². The Morgan fingerprint density at radius 1 is 0.971 bits per heavy atom. The number of benzene rings is 2. The van der Waals surface area contributed by atoms with Crippen molar-refractivity contribution >= 4 is 18.0 Å². The maximum absolute atomic E-state index is 12.2. The highest BCUT2D eigenvalue weighted by molar-refractivity contribution is 5.79. The van der Waals surface area contributed by atoms with E-state index in [-0.39, 0.29) is 31.1 Å². The first-order valence-corrected chi connectivity index (χ1v) is 11.7. The van der Waals surface area contributed by atoms with Gasteiger partial charge >= 0.3 is 12.1 Å². The molecule has 0 aromatic heterocycles. The lowest BCUT2D eigenvalue weighted by atomic mass is 9.98. The van der Waals surface area contributed by atoms with E-state index in [1.165, 1.54) is 22.3 Å². The molecule has 3 N–H and O–H groups in total. The molecular formula is C26H30N2O6. The monoisotopic (exact) mass is 466 g/mol. The maximum atomic E-state index is 12.2. The summed E-state index contributed by atoms with van der Waals surface area (Å²) in [5.41, 5.74) is 4.71. The Hall–Kier alpha value is -3.39. The number of fused-ring (bicyclic) bond motifs is 3. The highest BCUT2D eigenvalue weighted by atomic mass is 16.5. The summed E-state index contributed by atoms with van der Waals surface area (Å²) in [5.74, 6) is -1.44. The van der Waals surface area contributed by atoms with Crippen LogP contribution >= 0.6 is 0 Å². The molecule has 8 heteroatoms. The van der Waals surface area contributed by atoms with Gasteiger partial charge in [-0.3, -0.25) is 9.59 Å². The number of carbonyl (C=O) groups is 3. The number of aliphatic carboxylic acids is 1. The molecule has 0 unspecified atom stereocenters. The molecule has 2 aliphatic rings. The zero-order valence-corrected chi connectivity index (χ0v) is 19.0. The van der Waals surface area contributed by atoms with Gasteiger partial charge in [-0.2, -0.15) is 0 Å². The van der Waals surface area contributed by atoms with E-state index in [4.69, 9.17) is 14.6 Å². The Balaban J connectivity index is 1.10. The summed E-state index contributed by atoms with van der Waals surface area (Å²) in [4.78, 5) is 35.1. The van der Waals surface area contributed by atoms with Gasteiger partial charge in [-0.05, 0) is 41.5 Å². The van der Waals surface area contributed by atoms with Gasteiger partial charge in [-0.25, -0.2) is 4.79 Å². The number of rotatable bonds is 10. The van der Waals surface area contributed by atoms with E-state index in [2.05, 4.69) is 34.9 Å². The van der Waals surface area contributed by atoms with Gasteiger partial charge in [0.05, 0.1) is 18.6 Å². The van der Waals surface area contributed by atoms with Gasteiger partial charge in [-0.1, -0.05) is 48.5 Å². The van der Waals surface area contributed by atoms with Crippen LogP contribution < -0.4 is 10.6 Å². The predicted octanol–water partition coefficient (Wildman–Crippen LogP) is 3.30. The summed E-state index contributed by atoms with van der Waals surface area (Å²) in [7, 11) is 0. The molecule has 2 atom stereocenters. The summed E-state index contributed by atoms with van der Waals surface area (Å²) in [6.45, 7) is 1.21. The Bertz CT molecular complexity index is 994. The minimum atomic E-state index is -0.863. The smallest absolute Gasteiger partial charge is 0.407 e. The number of amides is 2. The average Bonchev–Trinajstić information content (AvgIpc) is 3.44. The highest BCUT2D eigenvalue weighted by Gasteiger charge is 2.31. The summed E-state index contributed by atoms with van der Waals surface area (Å²) in [6, 6.07) is 16.4. The molecule has 4 rings (SSSR count). The van der Waals surface area contributed by atoms with Crippen molar-refractivity contribution in [2.24, 2.45) is 5.92 Å². The van der Waals surface area contributed by atoms with Crippen LogP contribution in [0.5, 0.6) is 0 Å². The van der Waals surface area contributed by atoms with E-state index in [1.54, 1.807) is 0 Å². The zero-order chi connectivity index (χ0) is 23.9. The summed E-state index contributed by atoms with van der Waals surface area (Å²) in [6.07, 6.45) is 1.32. The lowest BCUT2D eigenvalue weighted by Gasteiger charge is -2.14. The van der Waals surface area contributed by atoms with Crippen molar-refractivity contribution in [1.29, 1.82) is 0 Å². The van der Waals surface area contributed by atoms with Crippen LogP contribution in [0.25, 0.3) is 11.1 Å². The third-order valence-corrected chi connectivity index (χ3v) is 6.40. The Morgan fingerprint density at radius 3 is 2.29 bits per heavy atom. The first-order valence-electron chi connectivity index (χ1n) is 11.7. The lowest BCUT2D eigenvalue weighted by molar-refractivity contribution is -0.141. The van der Waals surface area contributed by atoms with E-state index < -0.39 is 18.0 Å². The van der Waals surface area contributed by atoms with E-state index in [1.807, 2.05) is 24.3 Å². The molecule has 1 heterocycles. The second-order valence-electron chi connectivity index (χ2n) is 8.74. The zero-order valence-electron chi connectivity index (χ0n) is 19.0. The molecule has 2 aromatic rings. The molecule has 1 saturated heterocycles. The third-order valence-electron chi connectivity index (χ3n) is 6.40. The second-order valence-corrected chi connectivity index (χ2v) is 8.74. The number of unbranched alkanes of at least 4 members (excludes halogenated alkanes) is 1. The molecule has 0 spiro atoms. The fourth-order valence-electron chi connectivity index (χ4n) is 4.59. The first-order chi connectivity index (χ1) is 16.5. The van der Waals surface area contributed by atoms with Gasteiger partial charge in [0.25, 0.3) is 0 Å². The number of alkyl carbamates (subject to hydrolysis) is 1. The van der Waals surface area contributed by atoms with Crippen molar-refractivity contribution in [2.45, 2.75) is 37.7 Å². The average molecular weight is 467 g/mol. The van der Waals surface area contributed by atoms with Crippen LogP contribution in [0.2, 0.25) is 0 Å². The standard InChI is InChI=1S/C26H30N2O6/c29-24(28-14-18-13-17(15-33-18)25(30)31)11-5-6-12-27-26(32)34-16-23-21-9-3-1-7-19(21)20-8-2-4-10-22(20)23/h1-4,7-10,17-18,23H,5-6,11-16H2,(H,27,32)(H,28,29)(H,30,31)/t17-,18-/m0/s1. The molecule has 34 heavy (non-hydrogen) atoms. The Kier molecular flexibility index (Phi) is 7.80. The lowest BCUT2D eigenvalue weighted by Crippen LogP contribution is -2.32. The molecule has 1 aliphatic carbocycles. The van der Waals surface area contributed by atoms with E-state index in [9.17, 15) is 14.4 Å². The molecule has 0 bridgehead atoms. The topological polar surface area (TPSA) is 114 Å². The number of hydrogen-bond acceptors (Lipinski definition) is 5. The van der Waals surface area contributed by atoms with Crippen LogP contribution in [0.1, 0.15) is 42.7 Å². The third kappa shape index (κ3) is 5.75.